The van der Waals surface area contributed by atoms with Gasteiger partial charge >= 0.3 is 5.97 Å². The van der Waals surface area contributed by atoms with Crippen molar-refractivity contribution in [2.24, 2.45) is 4.99 Å². The summed E-state index contributed by atoms with van der Waals surface area (Å²) in [6.07, 6.45) is 1.66. The van der Waals surface area contributed by atoms with E-state index < -0.39 is 12.0 Å². The monoisotopic (exact) mass is 646 g/mol. The van der Waals surface area contributed by atoms with Crippen LogP contribution in [0.25, 0.3) is 6.08 Å². The zero-order chi connectivity index (χ0) is 29.3. The van der Waals surface area contributed by atoms with Gasteiger partial charge in [0, 0.05) is 20.6 Å². The largest absolute Gasteiger partial charge is 0.487 e. The van der Waals surface area contributed by atoms with Crippen molar-refractivity contribution in [3.63, 3.8) is 0 Å². The molecule has 0 radical (unpaired) electrons. The number of nitrogens with zero attached hydrogens (tertiary/aromatic N) is 2. The Hall–Kier alpha value is -3.07. The molecule has 1 aliphatic heterocycles. The molecule has 1 aromatic heterocycles. The lowest BCUT2D eigenvalue weighted by atomic mass is 9.96. The van der Waals surface area contributed by atoms with Gasteiger partial charge in [-0.15, -0.1) is 0 Å². The van der Waals surface area contributed by atoms with Crippen LogP contribution in [0.2, 0.25) is 20.1 Å². The number of rotatable bonds is 7. The lowest BCUT2D eigenvalue weighted by Gasteiger charge is -2.25. The van der Waals surface area contributed by atoms with E-state index in [0.717, 1.165) is 5.56 Å². The van der Waals surface area contributed by atoms with Gasteiger partial charge in [-0.2, -0.15) is 0 Å². The zero-order valence-electron chi connectivity index (χ0n) is 21.8. The molecule has 4 aromatic rings. The summed E-state index contributed by atoms with van der Waals surface area (Å²) >= 11 is 26.6. The molecule has 0 saturated carbocycles. The highest BCUT2D eigenvalue weighted by molar-refractivity contribution is 7.07. The van der Waals surface area contributed by atoms with Crippen molar-refractivity contribution < 1.29 is 14.3 Å². The molecule has 2 heterocycles. The van der Waals surface area contributed by atoms with E-state index in [0.29, 0.717) is 52.0 Å². The number of allylic oxidation sites excluding steroid dienone is 1. The SMILES string of the molecule is CCOC(=O)C1=C(C)N=c2s/c(=C\c3cc(Cl)cc(Cl)c3OCc3ccc(Cl)cc3)c(=O)n2[C@H]1c1ccccc1Cl. The summed E-state index contributed by atoms with van der Waals surface area (Å²) in [5.74, 6) is -0.199. The maximum absolute atomic E-state index is 14.0. The number of halogens is 4. The number of aromatic nitrogens is 1. The molecule has 0 aliphatic carbocycles. The third-order valence-corrected chi connectivity index (χ3v) is 8.42. The van der Waals surface area contributed by atoms with Gasteiger partial charge in [-0.3, -0.25) is 9.36 Å². The van der Waals surface area contributed by atoms with Crippen LogP contribution >= 0.6 is 57.7 Å². The first-order valence-corrected chi connectivity index (χ1v) is 14.8. The van der Waals surface area contributed by atoms with Gasteiger partial charge in [-0.1, -0.05) is 88.1 Å². The molecule has 0 unspecified atom stereocenters. The first-order chi connectivity index (χ1) is 19.7. The van der Waals surface area contributed by atoms with Crippen molar-refractivity contribution in [1.29, 1.82) is 0 Å². The summed E-state index contributed by atoms with van der Waals surface area (Å²) < 4.78 is 13.2. The van der Waals surface area contributed by atoms with Crippen molar-refractivity contribution in [3.05, 3.63) is 128 Å². The van der Waals surface area contributed by atoms with E-state index in [2.05, 4.69) is 4.99 Å². The summed E-state index contributed by atoms with van der Waals surface area (Å²) in [7, 11) is 0. The normalized spacial score (nSPS) is 15.0. The van der Waals surface area contributed by atoms with Gasteiger partial charge in [0.2, 0.25) is 0 Å². The Labute approximate surface area is 259 Å². The number of esters is 1. The lowest BCUT2D eigenvalue weighted by Crippen LogP contribution is -2.40. The number of ether oxygens (including phenoxy) is 2. The number of thiazole rings is 1. The fourth-order valence-electron chi connectivity index (χ4n) is 4.50. The van der Waals surface area contributed by atoms with Crippen LogP contribution in [0.15, 0.2) is 81.7 Å². The molecule has 0 bridgehead atoms. The quantitative estimate of drug-likeness (QED) is 0.203. The first kappa shape index (κ1) is 29.4. The van der Waals surface area contributed by atoms with E-state index in [1.807, 2.05) is 12.1 Å². The highest BCUT2D eigenvalue weighted by Crippen LogP contribution is 2.35. The molecular weight excluding hydrogens is 626 g/mol. The predicted octanol–water partition coefficient (Wildman–Crippen LogP) is 6.99. The van der Waals surface area contributed by atoms with Crippen LogP contribution in [0.3, 0.4) is 0 Å². The van der Waals surface area contributed by atoms with Crippen molar-refractivity contribution in [2.45, 2.75) is 26.5 Å². The molecule has 1 aliphatic rings. The second-order valence-corrected chi connectivity index (χ2v) is 11.7. The number of carbonyl (C=O) groups excluding carboxylic acids is 1. The number of hydrogen-bond donors (Lipinski definition) is 0. The van der Waals surface area contributed by atoms with Crippen LogP contribution in [0, 0.1) is 0 Å². The first-order valence-electron chi connectivity index (χ1n) is 12.5. The standard InChI is InChI=1S/C30H22Cl4N2O4S/c1-3-39-29(38)25-16(2)35-30-36(26(25)21-6-4-5-7-22(21)33)28(37)24(41-30)13-18-12-20(32)14-23(34)27(18)40-15-17-8-10-19(31)11-9-17/h4-14,26H,3,15H2,1-2H3/b24-13-/t26-/m0/s1. The second kappa shape index (κ2) is 12.4. The van der Waals surface area contributed by atoms with Crippen LogP contribution in [0.4, 0.5) is 0 Å². The molecular formula is C30H22Cl4N2O4S. The maximum atomic E-state index is 14.0. The third kappa shape index (κ3) is 6.10. The Kier molecular flexibility index (Phi) is 8.92. The molecule has 6 nitrogen and oxygen atoms in total. The zero-order valence-corrected chi connectivity index (χ0v) is 25.6. The summed E-state index contributed by atoms with van der Waals surface area (Å²) in [6.45, 7) is 3.82. The van der Waals surface area contributed by atoms with E-state index in [1.54, 1.807) is 68.5 Å². The smallest absolute Gasteiger partial charge is 0.338 e. The molecule has 5 rings (SSSR count). The molecule has 41 heavy (non-hydrogen) atoms. The van der Waals surface area contributed by atoms with Crippen molar-refractivity contribution in [2.75, 3.05) is 6.61 Å². The van der Waals surface area contributed by atoms with Crippen molar-refractivity contribution in [3.8, 4) is 5.75 Å². The fourth-order valence-corrected chi connectivity index (χ4v) is 6.47. The average molecular weight is 648 g/mol. The van der Waals surface area contributed by atoms with Crippen molar-refractivity contribution >= 4 is 69.8 Å². The number of fused-ring (bicyclic) bond motifs is 1. The minimum Gasteiger partial charge on any atom is -0.487 e. The molecule has 0 N–H and O–H groups in total. The average Bonchev–Trinajstić information content (AvgIpc) is 3.23. The molecule has 0 saturated heterocycles. The molecule has 210 valence electrons. The third-order valence-electron chi connectivity index (χ3n) is 6.34. The highest BCUT2D eigenvalue weighted by atomic mass is 35.5. The minimum absolute atomic E-state index is 0.170. The Morgan fingerprint density at radius 2 is 1.76 bits per heavy atom. The highest BCUT2D eigenvalue weighted by Gasteiger charge is 2.34. The fraction of sp³-hybridized carbons (Fsp3) is 0.167. The summed E-state index contributed by atoms with van der Waals surface area (Å²) in [5, 5.41) is 1.69. The van der Waals surface area contributed by atoms with Crippen LogP contribution < -0.4 is 19.6 Å². The summed E-state index contributed by atoms with van der Waals surface area (Å²) in [4.78, 5) is 32.1. The summed E-state index contributed by atoms with van der Waals surface area (Å²) in [5.41, 5.74) is 2.30. The van der Waals surface area contributed by atoms with Gasteiger partial charge in [0.1, 0.15) is 18.4 Å². The minimum atomic E-state index is -0.829. The van der Waals surface area contributed by atoms with Gasteiger partial charge < -0.3 is 9.47 Å². The topological polar surface area (TPSA) is 69.9 Å². The number of carbonyl (C=O) groups is 1. The molecule has 11 heteroatoms. The van der Waals surface area contributed by atoms with Gasteiger partial charge in [-0.05, 0) is 61.4 Å². The predicted molar refractivity (Wildman–Crippen MR) is 164 cm³/mol. The Morgan fingerprint density at radius 3 is 2.46 bits per heavy atom. The van der Waals surface area contributed by atoms with Crippen LogP contribution in [-0.2, 0) is 16.1 Å². The van der Waals surface area contributed by atoms with Gasteiger partial charge in [0.25, 0.3) is 5.56 Å². The second-order valence-electron chi connectivity index (χ2n) is 9.04. The van der Waals surface area contributed by atoms with E-state index in [1.165, 1.54) is 15.9 Å². The molecule has 1 atom stereocenters. The van der Waals surface area contributed by atoms with E-state index in [-0.39, 0.29) is 24.3 Å². The molecule has 0 spiro atoms. The Balaban J connectivity index is 1.65. The molecule has 0 fully saturated rings. The molecule has 3 aromatic carbocycles. The van der Waals surface area contributed by atoms with Crippen LogP contribution in [-0.4, -0.2) is 17.1 Å². The Morgan fingerprint density at radius 1 is 1.02 bits per heavy atom. The van der Waals surface area contributed by atoms with Crippen LogP contribution in [0.5, 0.6) is 5.75 Å². The Bertz CT molecular complexity index is 1860. The van der Waals surface area contributed by atoms with Gasteiger partial charge in [-0.25, -0.2) is 9.79 Å². The van der Waals surface area contributed by atoms with E-state index in [4.69, 9.17) is 55.9 Å². The van der Waals surface area contributed by atoms with Crippen LogP contribution in [0.1, 0.15) is 36.6 Å². The van der Waals surface area contributed by atoms with E-state index in [9.17, 15) is 9.59 Å². The van der Waals surface area contributed by atoms with Gasteiger partial charge in [0.15, 0.2) is 4.80 Å². The summed E-state index contributed by atoms with van der Waals surface area (Å²) in [6, 6.07) is 16.7. The van der Waals surface area contributed by atoms with E-state index >= 15 is 0 Å². The molecule has 0 amide bonds. The van der Waals surface area contributed by atoms with Crippen molar-refractivity contribution in [1.82, 2.24) is 4.57 Å². The maximum Gasteiger partial charge on any atom is 0.338 e. The number of hydrogen-bond acceptors (Lipinski definition) is 6. The number of benzene rings is 3. The van der Waals surface area contributed by atoms with Gasteiger partial charge in [0.05, 0.1) is 27.4 Å². The lowest BCUT2D eigenvalue weighted by molar-refractivity contribution is -0.139.